The van der Waals surface area contributed by atoms with Gasteiger partial charge in [-0.15, -0.1) is 23.2 Å². The third-order valence-corrected chi connectivity index (χ3v) is 3.51. The predicted octanol–water partition coefficient (Wildman–Crippen LogP) is 3.25. The summed E-state index contributed by atoms with van der Waals surface area (Å²) in [6.45, 7) is -1.25. The molecule has 1 amide bonds. The van der Waals surface area contributed by atoms with Gasteiger partial charge in [-0.05, 0) is 25.1 Å². The summed E-state index contributed by atoms with van der Waals surface area (Å²) in [6.07, 6.45) is 0. The van der Waals surface area contributed by atoms with Crippen molar-refractivity contribution in [2.24, 2.45) is 0 Å². The van der Waals surface area contributed by atoms with Gasteiger partial charge in [0.2, 0.25) is 0 Å². The molecule has 19 heavy (non-hydrogen) atoms. The minimum atomic E-state index is -2.94. The van der Waals surface area contributed by atoms with Crippen LogP contribution >= 0.6 is 23.2 Å². The van der Waals surface area contributed by atoms with Crippen LogP contribution in [0.5, 0.6) is 5.75 Å². The molecule has 106 valence electrons. The predicted molar refractivity (Wildman–Crippen MR) is 70.4 cm³/mol. The number of amides is 1. The van der Waals surface area contributed by atoms with E-state index in [1.165, 1.54) is 24.3 Å². The molecule has 0 aliphatic carbocycles. The summed E-state index contributed by atoms with van der Waals surface area (Å²) in [5.41, 5.74) is -0.570. The van der Waals surface area contributed by atoms with Gasteiger partial charge in [0, 0.05) is 17.3 Å². The van der Waals surface area contributed by atoms with Crippen LogP contribution in [0.2, 0.25) is 0 Å². The number of alkyl halides is 4. The number of rotatable bonds is 6. The number of carbonyl (C=O) groups excluding carboxylic acids is 1. The van der Waals surface area contributed by atoms with E-state index in [0.717, 1.165) is 0 Å². The van der Waals surface area contributed by atoms with Gasteiger partial charge in [0.05, 0.1) is 5.54 Å². The molecule has 0 spiro atoms. The van der Waals surface area contributed by atoms with Crippen LogP contribution in [0.1, 0.15) is 17.3 Å². The number of carbonyl (C=O) groups is 1. The van der Waals surface area contributed by atoms with Crippen molar-refractivity contribution in [3.05, 3.63) is 29.8 Å². The molecule has 0 aliphatic heterocycles. The van der Waals surface area contributed by atoms with Crippen molar-refractivity contribution >= 4 is 29.1 Å². The third-order valence-electron chi connectivity index (χ3n) is 2.33. The highest BCUT2D eigenvalue weighted by Gasteiger charge is 2.25. The van der Waals surface area contributed by atoms with Crippen molar-refractivity contribution < 1.29 is 18.3 Å². The topological polar surface area (TPSA) is 38.3 Å². The fourth-order valence-electron chi connectivity index (χ4n) is 1.26. The van der Waals surface area contributed by atoms with Gasteiger partial charge >= 0.3 is 6.61 Å². The molecule has 1 N–H and O–H groups in total. The minimum absolute atomic E-state index is 0.0823. The molecule has 0 saturated carbocycles. The van der Waals surface area contributed by atoms with E-state index in [4.69, 9.17) is 23.2 Å². The SMILES string of the molecule is CC(CCl)(CCl)NC(=O)c1cccc(OC(F)F)c1. The average Bonchev–Trinajstić information content (AvgIpc) is 2.38. The van der Waals surface area contributed by atoms with Gasteiger partial charge in [-0.25, -0.2) is 0 Å². The molecule has 0 atom stereocenters. The van der Waals surface area contributed by atoms with Crippen molar-refractivity contribution in [1.29, 1.82) is 0 Å². The molecular formula is C12H13Cl2F2NO2. The number of benzene rings is 1. The van der Waals surface area contributed by atoms with Crippen molar-refractivity contribution in [3.63, 3.8) is 0 Å². The third kappa shape index (κ3) is 4.84. The summed E-state index contributed by atoms with van der Waals surface area (Å²) in [7, 11) is 0. The zero-order valence-electron chi connectivity index (χ0n) is 10.1. The van der Waals surface area contributed by atoms with Gasteiger partial charge in [-0.2, -0.15) is 8.78 Å². The lowest BCUT2D eigenvalue weighted by atomic mass is 10.1. The van der Waals surface area contributed by atoms with E-state index in [2.05, 4.69) is 10.1 Å². The van der Waals surface area contributed by atoms with E-state index in [0.29, 0.717) is 0 Å². The molecule has 7 heteroatoms. The Kier molecular flexibility index (Phi) is 5.82. The number of halogens is 4. The number of nitrogens with one attached hydrogen (secondary N) is 1. The van der Waals surface area contributed by atoms with E-state index in [1.807, 2.05) is 0 Å². The smallest absolute Gasteiger partial charge is 0.387 e. The summed E-state index contributed by atoms with van der Waals surface area (Å²) in [5, 5.41) is 2.64. The van der Waals surface area contributed by atoms with Gasteiger partial charge in [-0.1, -0.05) is 6.07 Å². The van der Waals surface area contributed by atoms with E-state index >= 15 is 0 Å². The molecule has 1 aromatic rings. The van der Waals surface area contributed by atoms with Crippen LogP contribution in [0, 0.1) is 0 Å². The van der Waals surface area contributed by atoms with E-state index in [1.54, 1.807) is 6.92 Å². The Labute approximate surface area is 119 Å². The highest BCUT2D eigenvalue weighted by molar-refractivity contribution is 6.22. The minimum Gasteiger partial charge on any atom is -0.435 e. The van der Waals surface area contributed by atoms with Gasteiger partial charge in [-0.3, -0.25) is 4.79 Å². The molecular weight excluding hydrogens is 299 g/mol. The zero-order valence-corrected chi connectivity index (χ0v) is 11.6. The second-order valence-electron chi connectivity index (χ2n) is 4.19. The lowest BCUT2D eigenvalue weighted by Gasteiger charge is -2.25. The second kappa shape index (κ2) is 6.91. The normalized spacial score (nSPS) is 11.5. The first kappa shape index (κ1) is 16.0. The monoisotopic (exact) mass is 311 g/mol. The molecule has 0 fully saturated rings. The summed E-state index contributed by atoms with van der Waals surface area (Å²) in [5.74, 6) is -0.269. The van der Waals surface area contributed by atoms with Gasteiger partial charge in [0.15, 0.2) is 0 Å². The Morgan fingerprint density at radius 2 is 2.05 bits per heavy atom. The van der Waals surface area contributed by atoms with Gasteiger partial charge < -0.3 is 10.1 Å². The molecule has 3 nitrogen and oxygen atoms in total. The van der Waals surface area contributed by atoms with Crippen LogP contribution in [0.3, 0.4) is 0 Å². The van der Waals surface area contributed by atoms with Crippen LogP contribution in [-0.4, -0.2) is 29.8 Å². The molecule has 0 radical (unpaired) electrons. The van der Waals surface area contributed by atoms with Gasteiger partial charge in [0.25, 0.3) is 5.91 Å². The van der Waals surface area contributed by atoms with Crippen LogP contribution in [0.4, 0.5) is 8.78 Å². The zero-order chi connectivity index (χ0) is 14.5. The Balaban J connectivity index is 2.82. The summed E-state index contributed by atoms with van der Waals surface area (Å²) < 4.78 is 28.4. The first-order valence-corrected chi connectivity index (χ1v) is 6.46. The second-order valence-corrected chi connectivity index (χ2v) is 4.72. The van der Waals surface area contributed by atoms with E-state index < -0.39 is 18.1 Å². The average molecular weight is 312 g/mol. The summed E-state index contributed by atoms with van der Waals surface area (Å²) in [6, 6.07) is 5.50. The summed E-state index contributed by atoms with van der Waals surface area (Å²) in [4.78, 5) is 11.9. The van der Waals surface area contributed by atoms with Crippen molar-refractivity contribution in [1.82, 2.24) is 5.32 Å². The maximum Gasteiger partial charge on any atom is 0.387 e. The Morgan fingerprint density at radius 1 is 1.42 bits per heavy atom. The quantitative estimate of drug-likeness (QED) is 0.819. The molecule has 1 rings (SSSR count). The standard InChI is InChI=1S/C12H13Cl2F2NO2/c1-12(6-13,7-14)17-10(18)8-3-2-4-9(5-8)19-11(15)16/h2-5,11H,6-7H2,1H3,(H,17,18). The molecule has 0 heterocycles. The fourth-order valence-corrected chi connectivity index (χ4v) is 1.68. The maximum absolute atomic E-state index is 12.1. The Hall–Kier alpha value is -1.07. The van der Waals surface area contributed by atoms with Crippen molar-refractivity contribution in [3.8, 4) is 5.75 Å². The highest BCUT2D eigenvalue weighted by Crippen LogP contribution is 2.17. The Morgan fingerprint density at radius 3 is 2.58 bits per heavy atom. The van der Waals surface area contributed by atoms with Crippen LogP contribution < -0.4 is 10.1 Å². The maximum atomic E-state index is 12.1. The molecule has 0 unspecified atom stereocenters. The molecule has 0 bridgehead atoms. The fraction of sp³-hybridized carbons (Fsp3) is 0.417. The van der Waals surface area contributed by atoms with E-state index in [9.17, 15) is 13.6 Å². The van der Waals surface area contributed by atoms with Crippen LogP contribution in [0.25, 0.3) is 0 Å². The van der Waals surface area contributed by atoms with Crippen LogP contribution in [0.15, 0.2) is 24.3 Å². The van der Waals surface area contributed by atoms with Crippen LogP contribution in [-0.2, 0) is 0 Å². The molecule has 1 aromatic carbocycles. The number of hydrogen-bond acceptors (Lipinski definition) is 2. The van der Waals surface area contributed by atoms with Crippen molar-refractivity contribution in [2.45, 2.75) is 19.1 Å². The van der Waals surface area contributed by atoms with Gasteiger partial charge in [0.1, 0.15) is 5.75 Å². The lowest BCUT2D eigenvalue weighted by molar-refractivity contribution is -0.0498. The number of ether oxygens (including phenoxy) is 1. The highest BCUT2D eigenvalue weighted by atomic mass is 35.5. The Bertz CT molecular complexity index is 439. The molecule has 0 aromatic heterocycles. The first-order chi connectivity index (χ1) is 8.90. The van der Waals surface area contributed by atoms with E-state index in [-0.39, 0.29) is 23.1 Å². The first-order valence-electron chi connectivity index (χ1n) is 5.39. The molecule has 0 aliphatic rings. The largest absolute Gasteiger partial charge is 0.435 e. The number of hydrogen-bond donors (Lipinski definition) is 1. The summed E-state index contributed by atoms with van der Waals surface area (Å²) >= 11 is 11.4. The molecule has 0 saturated heterocycles. The van der Waals surface area contributed by atoms with Crippen molar-refractivity contribution in [2.75, 3.05) is 11.8 Å². The lowest BCUT2D eigenvalue weighted by Crippen LogP contribution is -2.49.